The van der Waals surface area contributed by atoms with Gasteiger partial charge in [-0.1, -0.05) is 40.9 Å². The molecule has 0 aliphatic carbocycles. The number of aryl methyl sites for hydroxylation is 1. The summed E-state index contributed by atoms with van der Waals surface area (Å²) in [6.45, 7) is 2.69. The summed E-state index contributed by atoms with van der Waals surface area (Å²) < 4.78 is -1.26. The van der Waals surface area contributed by atoms with E-state index in [1.807, 2.05) is 31.2 Å². The molecule has 0 saturated carbocycles. The summed E-state index contributed by atoms with van der Waals surface area (Å²) in [6, 6.07) is 7.79. The van der Waals surface area contributed by atoms with Crippen LogP contribution in [0.25, 0.3) is 0 Å². The average molecular weight is 258 g/mol. The van der Waals surface area contributed by atoms with Crippen molar-refractivity contribution in [3.05, 3.63) is 29.8 Å². The molecule has 1 aliphatic rings. The molecule has 0 radical (unpaired) electrons. The second kappa shape index (κ2) is 4.27. The van der Waals surface area contributed by atoms with Crippen LogP contribution in [0.5, 0.6) is 0 Å². The molecular weight excluding hydrogens is 245 g/mol. The lowest BCUT2D eigenvalue weighted by molar-refractivity contribution is -0.120. The van der Waals surface area contributed by atoms with Gasteiger partial charge in [0.15, 0.2) is 4.33 Å². The van der Waals surface area contributed by atoms with Crippen molar-refractivity contribution in [3.8, 4) is 0 Å². The molecule has 0 N–H and O–H groups in total. The topological polar surface area (TPSA) is 20.3 Å². The normalized spacial score (nSPS) is 19.9. The lowest BCUT2D eigenvalue weighted by Gasteiger charge is -2.34. The van der Waals surface area contributed by atoms with E-state index in [2.05, 4.69) is 0 Å². The lowest BCUT2D eigenvalue weighted by Crippen LogP contribution is -2.47. The van der Waals surface area contributed by atoms with Crippen molar-refractivity contribution in [3.63, 3.8) is 0 Å². The predicted molar refractivity (Wildman–Crippen MR) is 67.2 cm³/mol. The molecule has 0 atom stereocenters. The predicted octanol–water partition coefficient (Wildman–Crippen LogP) is 3.30. The number of anilines is 1. The van der Waals surface area contributed by atoms with Crippen molar-refractivity contribution < 1.29 is 4.79 Å². The van der Waals surface area contributed by atoms with Crippen molar-refractivity contribution in [1.29, 1.82) is 0 Å². The van der Waals surface area contributed by atoms with E-state index in [0.29, 0.717) is 13.0 Å². The van der Waals surface area contributed by atoms with E-state index in [1.54, 1.807) is 4.90 Å². The molecule has 1 aromatic carbocycles. The molecule has 0 unspecified atom stereocenters. The average Bonchev–Trinajstić information content (AvgIpc) is 2.24. The van der Waals surface area contributed by atoms with Crippen molar-refractivity contribution >= 4 is 34.8 Å². The van der Waals surface area contributed by atoms with Crippen molar-refractivity contribution in [2.45, 2.75) is 24.1 Å². The standard InChI is InChI=1S/C12H13Cl2NO/c1-9-3-5-10(6-4-9)15-8-2-7-12(13,14)11(15)16/h3-6H,2,7-8H2,1H3. The number of hydrogen-bond donors (Lipinski definition) is 0. The minimum absolute atomic E-state index is 0.217. The highest BCUT2D eigenvalue weighted by molar-refractivity contribution is 6.59. The Balaban J connectivity index is 2.27. The third-order valence-electron chi connectivity index (χ3n) is 2.78. The molecule has 2 rings (SSSR count). The number of halogens is 2. The highest BCUT2D eigenvalue weighted by atomic mass is 35.5. The molecule has 1 heterocycles. The summed E-state index contributed by atoms with van der Waals surface area (Å²) in [7, 11) is 0. The summed E-state index contributed by atoms with van der Waals surface area (Å²) in [6.07, 6.45) is 1.35. The van der Waals surface area contributed by atoms with Crippen molar-refractivity contribution in [1.82, 2.24) is 0 Å². The molecule has 1 saturated heterocycles. The van der Waals surface area contributed by atoms with Crippen LogP contribution in [-0.4, -0.2) is 16.8 Å². The van der Waals surface area contributed by atoms with Crippen LogP contribution in [0, 0.1) is 6.92 Å². The van der Waals surface area contributed by atoms with Gasteiger partial charge < -0.3 is 4.90 Å². The van der Waals surface area contributed by atoms with Gasteiger partial charge in [0.05, 0.1) is 0 Å². The Morgan fingerprint density at radius 3 is 2.50 bits per heavy atom. The highest BCUT2D eigenvalue weighted by Gasteiger charge is 2.40. The Morgan fingerprint density at radius 1 is 1.25 bits per heavy atom. The Hall–Kier alpha value is -0.730. The molecule has 4 heteroatoms. The number of nitrogens with zero attached hydrogens (tertiary/aromatic N) is 1. The third-order valence-corrected chi connectivity index (χ3v) is 3.48. The number of alkyl halides is 2. The van der Waals surface area contributed by atoms with Gasteiger partial charge in [-0.2, -0.15) is 0 Å². The molecule has 0 spiro atoms. The molecule has 1 fully saturated rings. The zero-order chi connectivity index (χ0) is 11.8. The fourth-order valence-corrected chi connectivity index (χ4v) is 2.31. The lowest BCUT2D eigenvalue weighted by atomic mass is 10.1. The van der Waals surface area contributed by atoms with Gasteiger partial charge in [-0.15, -0.1) is 0 Å². The largest absolute Gasteiger partial charge is 0.310 e. The zero-order valence-electron chi connectivity index (χ0n) is 9.04. The zero-order valence-corrected chi connectivity index (χ0v) is 10.6. The monoisotopic (exact) mass is 257 g/mol. The first-order chi connectivity index (χ1) is 7.50. The van der Waals surface area contributed by atoms with Crippen LogP contribution < -0.4 is 4.90 Å². The van der Waals surface area contributed by atoms with E-state index in [0.717, 1.165) is 17.7 Å². The Morgan fingerprint density at radius 2 is 1.88 bits per heavy atom. The molecule has 2 nitrogen and oxygen atoms in total. The summed E-state index contributed by atoms with van der Waals surface area (Å²) in [4.78, 5) is 13.7. The van der Waals surface area contributed by atoms with Gasteiger partial charge in [-0.3, -0.25) is 4.79 Å². The fourth-order valence-electron chi connectivity index (χ4n) is 1.84. The van der Waals surface area contributed by atoms with Crippen LogP contribution in [0.4, 0.5) is 5.69 Å². The maximum absolute atomic E-state index is 12.0. The number of benzene rings is 1. The van der Waals surface area contributed by atoms with E-state index in [4.69, 9.17) is 23.2 Å². The summed E-state index contributed by atoms with van der Waals surface area (Å²) in [5, 5.41) is 0. The number of amides is 1. The fraction of sp³-hybridized carbons (Fsp3) is 0.417. The molecule has 0 bridgehead atoms. The van der Waals surface area contributed by atoms with Gasteiger partial charge in [0, 0.05) is 12.2 Å². The van der Waals surface area contributed by atoms with Crippen LogP contribution in [0.15, 0.2) is 24.3 Å². The number of hydrogen-bond acceptors (Lipinski definition) is 1. The molecule has 1 aromatic rings. The van der Waals surface area contributed by atoms with Gasteiger partial charge >= 0.3 is 0 Å². The molecule has 16 heavy (non-hydrogen) atoms. The Kier molecular flexibility index (Phi) is 3.13. The molecule has 1 aliphatic heterocycles. The smallest absolute Gasteiger partial charge is 0.263 e. The summed E-state index contributed by atoms with van der Waals surface area (Å²) >= 11 is 11.9. The second-order valence-electron chi connectivity index (χ2n) is 4.10. The van der Waals surface area contributed by atoms with Crippen LogP contribution >= 0.6 is 23.2 Å². The van der Waals surface area contributed by atoms with Crippen molar-refractivity contribution in [2.75, 3.05) is 11.4 Å². The first-order valence-corrected chi connectivity index (χ1v) is 6.03. The molecular formula is C12H13Cl2NO. The first-order valence-electron chi connectivity index (χ1n) is 5.27. The number of carbonyl (C=O) groups is 1. The minimum atomic E-state index is -1.26. The van der Waals surface area contributed by atoms with E-state index >= 15 is 0 Å². The van der Waals surface area contributed by atoms with Gasteiger partial charge in [-0.05, 0) is 31.9 Å². The van der Waals surface area contributed by atoms with Crippen LogP contribution in [0.1, 0.15) is 18.4 Å². The summed E-state index contributed by atoms with van der Waals surface area (Å²) in [5.74, 6) is -0.217. The number of rotatable bonds is 1. The summed E-state index contributed by atoms with van der Waals surface area (Å²) in [5.41, 5.74) is 2.03. The van der Waals surface area contributed by atoms with E-state index in [-0.39, 0.29) is 5.91 Å². The second-order valence-corrected chi connectivity index (χ2v) is 5.58. The van der Waals surface area contributed by atoms with E-state index in [1.165, 1.54) is 0 Å². The maximum atomic E-state index is 12.0. The van der Waals surface area contributed by atoms with Crippen LogP contribution in [0.2, 0.25) is 0 Å². The van der Waals surface area contributed by atoms with Crippen LogP contribution in [-0.2, 0) is 4.79 Å². The van der Waals surface area contributed by atoms with Gasteiger partial charge in [0.25, 0.3) is 5.91 Å². The quantitative estimate of drug-likeness (QED) is 0.708. The SMILES string of the molecule is Cc1ccc(N2CCCC(Cl)(Cl)C2=O)cc1. The highest BCUT2D eigenvalue weighted by Crippen LogP contribution is 2.35. The molecule has 1 amide bonds. The maximum Gasteiger partial charge on any atom is 0.263 e. The van der Waals surface area contributed by atoms with Crippen LogP contribution in [0.3, 0.4) is 0 Å². The van der Waals surface area contributed by atoms with Crippen molar-refractivity contribution in [2.24, 2.45) is 0 Å². The van der Waals surface area contributed by atoms with E-state index < -0.39 is 4.33 Å². The van der Waals surface area contributed by atoms with Gasteiger partial charge in [0.2, 0.25) is 0 Å². The third kappa shape index (κ3) is 2.18. The Bertz CT molecular complexity index is 400. The minimum Gasteiger partial charge on any atom is -0.310 e. The molecule has 86 valence electrons. The van der Waals surface area contributed by atoms with Gasteiger partial charge in [0.1, 0.15) is 0 Å². The Labute approximate surface area is 105 Å². The first kappa shape index (κ1) is 11.7. The van der Waals surface area contributed by atoms with E-state index in [9.17, 15) is 4.79 Å². The number of piperidine rings is 1. The molecule has 0 aromatic heterocycles. The van der Waals surface area contributed by atoms with Gasteiger partial charge in [-0.25, -0.2) is 0 Å². The number of carbonyl (C=O) groups excluding carboxylic acids is 1.